The number of nitrogens with zero attached hydrogens (tertiary/aromatic N) is 6. The molecule has 2 aromatic heterocycles. The first-order valence-corrected chi connectivity index (χ1v) is 22.0. The van der Waals surface area contributed by atoms with Crippen molar-refractivity contribution in [1.82, 2.24) is 39.5 Å². The molecule has 316 valence electrons. The average Bonchev–Trinajstić information content (AvgIpc) is 4.15. The largest absolute Gasteiger partial charge is 0.340 e. The van der Waals surface area contributed by atoms with Crippen LogP contribution in [0.2, 0.25) is 0 Å². The van der Waals surface area contributed by atoms with Crippen LogP contribution in [0, 0.1) is 5.82 Å². The zero-order valence-electron chi connectivity index (χ0n) is 35.7. The predicted molar refractivity (Wildman–Crippen MR) is 239 cm³/mol. The maximum Gasteiger partial charge on any atom is 0.245 e. The first kappa shape index (κ1) is 41.8. The summed E-state index contributed by atoms with van der Waals surface area (Å²) in [7, 11) is 0. The summed E-state index contributed by atoms with van der Waals surface area (Å²) in [5.41, 5.74) is 6.47. The van der Waals surface area contributed by atoms with Gasteiger partial charge in [0.2, 0.25) is 11.8 Å². The Hall–Kier alpha value is -5.91. The number of carbonyl (C=O) groups is 2. The molecule has 8 rings (SSSR count). The molecule has 0 saturated carbocycles. The van der Waals surface area contributed by atoms with Crippen LogP contribution in [0.1, 0.15) is 100 Å². The molecule has 6 aromatic rings. The quantitative estimate of drug-likeness (QED) is 0.107. The number of likely N-dealkylation sites (tertiary alicyclic amines) is 2. The second-order valence-corrected chi connectivity index (χ2v) is 16.1. The molecule has 2 fully saturated rings. The number of aromatic nitrogens is 4. The molecule has 2 amide bonds. The zero-order chi connectivity index (χ0) is 42.5. The lowest BCUT2D eigenvalue weighted by Crippen LogP contribution is -2.43. The molecular weight excluding hydrogens is 764 g/mol. The second-order valence-electron chi connectivity index (χ2n) is 16.1. The van der Waals surface area contributed by atoms with Crippen molar-refractivity contribution >= 4 is 11.8 Å². The van der Waals surface area contributed by atoms with Crippen LogP contribution in [-0.2, 0) is 9.59 Å². The third-order valence-corrected chi connectivity index (χ3v) is 12.7. The molecule has 11 heteroatoms. The van der Waals surface area contributed by atoms with Crippen LogP contribution in [0.15, 0.2) is 116 Å². The number of aromatic amines is 2. The van der Waals surface area contributed by atoms with E-state index in [-0.39, 0.29) is 41.8 Å². The van der Waals surface area contributed by atoms with Gasteiger partial charge in [-0.3, -0.25) is 19.4 Å². The molecule has 4 aromatic carbocycles. The van der Waals surface area contributed by atoms with Crippen molar-refractivity contribution in [2.24, 2.45) is 0 Å². The molecule has 2 aliphatic rings. The number of H-pyrrole nitrogens is 2. The summed E-state index contributed by atoms with van der Waals surface area (Å²) >= 11 is 0. The van der Waals surface area contributed by atoms with Gasteiger partial charge in [0, 0.05) is 18.7 Å². The Kier molecular flexibility index (Phi) is 12.9. The minimum atomic E-state index is -0.376. The number of amides is 2. The third kappa shape index (κ3) is 8.54. The summed E-state index contributed by atoms with van der Waals surface area (Å²) in [6.07, 6.45) is 6.95. The van der Waals surface area contributed by atoms with Gasteiger partial charge in [-0.15, -0.1) is 0 Å². The minimum Gasteiger partial charge on any atom is -0.340 e. The van der Waals surface area contributed by atoms with E-state index < -0.39 is 0 Å². The molecule has 0 spiro atoms. The smallest absolute Gasteiger partial charge is 0.245 e. The van der Waals surface area contributed by atoms with Gasteiger partial charge >= 0.3 is 0 Å². The van der Waals surface area contributed by atoms with Crippen LogP contribution in [-0.4, -0.2) is 90.6 Å². The third-order valence-electron chi connectivity index (χ3n) is 12.7. The molecular formula is C50H57FN8O2. The Bertz CT molecular complexity index is 2390. The van der Waals surface area contributed by atoms with Crippen LogP contribution < -0.4 is 0 Å². The maximum atomic E-state index is 15.9. The number of likely N-dealkylation sites (N-methyl/N-ethyl adjacent to an activating group) is 2. The summed E-state index contributed by atoms with van der Waals surface area (Å²) in [5.74, 6) is 1.30. The minimum absolute atomic E-state index is 0.0699. The van der Waals surface area contributed by atoms with Crippen LogP contribution >= 0.6 is 0 Å². The van der Waals surface area contributed by atoms with Gasteiger partial charge in [-0.05, 0) is 91.8 Å². The van der Waals surface area contributed by atoms with E-state index in [0.717, 1.165) is 91.2 Å². The fourth-order valence-electron chi connectivity index (χ4n) is 9.46. The number of imidazole rings is 2. The Balaban J connectivity index is 0.954. The lowest BCUT2D eigenvalue weighted by Gasteiger charge is -2.34. The maximum absolute atomic E-state index is 15.9. The van der Waals surface area contributed by atoms with E-state index in [1.54, 1.807) is 18.3 Å². The Labute approximate surface area is 358 Å². The monoisotopic (exact) mass is 820 g/mol. The number of nitrogens with one attached hydrogen (secondary N) is 2. The predicted octanol–water partition coefficient (Wildman–Crippen LogP) is 9.77. The van der Waals surface area contributed by atoms with E-state index in [0.29, 0.717) is 30.2 Å². The zero-order valence-corrected chi connectivity index (χ0v) is 35.7. The molecule has 2 N–H and O–H groups in total. The van der Waals surface area contributed by atoms with E-state index in [4.69, 9.17) is 9.97 Å². The highest BCUT2D eigenvalue weighted by atomic mass is 19.1. The Morgan fingerprint density at radius 1 is 0.623 bits per heavy atom. The molecule has 4 atom stereocenters. The van der Waals surface area contributed by atoms with Crippen LogP contribution in [0.5, 0.6) is 0 Å². The lowest BCUT2D eigenvalue weighted by atomic mass is 10.0. The van der Waals surface area contributed by atoms with Crippen molar-refractivity contribution in [3.8, 4) is 33.6 Å². The van der Waals surface area contributed by atoms with Gasteiger partial charge in [0.05, 0.1) is 35.9 Å². The fourth-order valence-corrected chi connectivity index (χ4v) is 9.46. The van der Waals surface area contributed by atoms with Crippen LogP contribution in [0.3, 0.4) is 0 Å². The van der Waals surface area contributed by atoms with Gasteiger partial charge in [-0.25, -0.2) is 14.4 Å². The summed E-state index contributed by atoms with van der Waals surface area (Å²) in [4.78, 5) is 53.3. The highest BCUT2D eigenvalue weighted by Crippen LogP contribution is 2.38. The number of hydrogen-bond acceptors (Lipinski definition) is 6. The van der Waals surface area contributed by atoms with Crippen LogP contribution in [0.25, 0.3) is 33.6 Å². The molecule has 61 heavy (non-hydrogen) atoms. The van der Waals surface area contributed by atoms with Crippen molar-refractivity contribution in [1.29, 1.82) is 0 Å². The topological polar surface area (TPSA) is 104 Å². The van der Waals surface area contributed by atoms with E-state index in [9.17, 15) is 9.59 Å². The molecule has 2 aliphatic heterocycles. The van der Waals surface area contributed by atoms with Crippen LogP contribution in [0.4, 0.5) is 4.39 Å². The van der Waals surface area contributed by atoms with Crippen molar-refractivity contribution in [3.05, 3.63) is 144 Å². The van der Waals surface area contributed by atoms with Crippen molar-refractivity contribution in [2.75, 3.05) is 39.3 Å². The molecule has 4 heterocycles. The Morgan fingerprint density at radius 2 is 1.07 bits per heavy atom. The normalized spacial score (nSPS) is 17.7. The summed E-state index contributed by atoms with van der Waals surface area (Å²) in [5, 5.41) is 0. The van der Waals surface area contributed by atoms with Gasteiger partial charge in [0.15, 0.2) is 0 Å². The number of halogens is 1. The van der Waals surface area contributed by atoms with E-state index in [1.165, 1.54) is 0 Å². The molecule has 0 aliphatic carbocycles. The van der Waals surface area contributed by atoms with E-state index >= 15 is 4.39 Å². The standard InChI is InChI=1S/C50H57FN8O2/c1-5-56(6-2)45(36-17-11-9-12-18-36)49(60)58-29-15-21-43(58)47-52-32-41(54-47)35-25-23-34(24-26-35)38-27-28-39(40(51)31-38)42-33-53-48(55-42)44-22-16-30-59(44)50(61)46(57(7-3)8-4)37-19-13-10-14-20-37/h9-14,17-20,23-28,31-33,43-46H,5-8,15-16,21-22,29-30H2,1-4H3,(H,52,54)(H,53,55)/t43?,44?,45-,46-/m1/s1. The number of carbonyl (C=O) groups excluding carboxylic acids is 2. The first-order chi connectivity index (χ1) is 29.8. The Morgan fingerprint density at radius 3 is 1.54 bits per heavy atom. The number of rotatable bonds is 15. The average molecular weight is 821 g/mol. The van der Waals surface area contributed by atoms with Gasteiger partial charge in [0.25, 0.3) is 0 Å². The van der Waals surface area contributed by atoms with Gasteiger partial charge in [-0.2, -0.15) is 0 Å². The highest BCUT2D eigenvalue weighted by Gasteiger charge is 2.39. The van der Waals surface area contributed by atoms with E-state index in [2.05, 4.69) is 47.5 Å². The molecule has 0 bridgehead atoms. The number of benzene rings is 4. The van der Waals surface area contributed by atoms with Crippen molar-refractivity contribution < 1.29 is 14.0 Å². The summed E-state index contributed by atoms with van der Waals surface area (Å²) in [6.45, 7) is 12.8. The van der Waals surface area contributed by atoms with Crippen molar-refractivity contribution in [2.45, 2.75) is 77.5 Å². The summed E-state index contributed by atoms with van der Waals surface area (Å²) < 4.78 is 15.9. The van der Waals surface area contributed by atoms with Gasteiger partial charge in [0.1, 0.15) is 29.5 Å². The van der Waals surface area contributed by atoms with Crippen molar-refractivity contribution in [3.63, 3.8) is 0 Å². The molecule has 2 unspecified atom stereocenters. The molecule has 10 nitrogen and oxygen atoms in total. The van der Waals surface area contributed by atoms with Gasteiger partial charge in [-0.1, -0.05) is 119 Å². The SMILES string of the molecule is CCN(CC)[C@@H](C(=O)N1CCCC1c1ncc(-c2ccc(-c3ccc(-c4cnc(C5CCCN5C(=O)[C@@H](c5ccccc5)N(CC)CC)[nH]4)c(F)c3)cc2)[nH]1)c1ccccc1. The molecule has 0 radical (unpaired) electrons. The summed E-state index contributed by atoms with van der Waals surface area (Å²) in [6, 6.07) is 32.3. The second kappa shape index (κ2) is 18.8. The molecule has 2 saturated heterocycles. The number of hydrogen-bond donors (Lipinski definition) is 2. The van der Waals surface area contributed by atoms with Gasteiger partial charge < -0.3 is 19.8 Å². The highest BCUT2D eigenvalue weighted by molar-refractivity contribution is 5.85. The lowest BCUT2D eigenvalue weighted by molar-refractivity contribution is -0.139. The first-order valence-electron chi connectivity index (χ1n) is 22.0. The van der Waals surface area contributed by atoms with E-state index in [1.807, 2.05) is 107 Å². The fraction of sp³-hybridized carbons (Fsp3) is 0.360.